The first-order chi connectivity index (χ1) is 14.6. The van der Waals surface area contributed by atoms with Gasteiger partial charge in [-0.05, 0) is 38.8 Å². The maximum atomic E-state index is 12.6. The van der Waals surface area contributed by atoms with Gasteiger partial charge in [-0.2, -0.15) is 0 Å². The molecule has 8 heteroatoms. The minimum Gasteiger partial charge on any atom is -0.466 e. The molecule has 30 heavy (non-hydrogen) atoms. The minimum atomic E-state index is -0.291. The van der Waals surface area contributed by atoms with Crippen molar-refractivity contribution in [1.29, 1.82) is 0 Å². The minimum absolute atomic E-state index is 0.0272. The second-order valence-electron chi connectivity index (χ2n) is 7.23. The summed E-state index contributed by atoms with van der Waals surface area (Å²) in [5.41, 5.74) is 1.21. The number of rotatable bonds is 8. The third-order valence-corrected chi connectivity index (χ3v) is 5.90. The standard InChI is InChI=1S/C22H28N4O3S/c1-3-29-19(27)10-11-24-21(28)17-5-4-14-26(15-17)20-22(25-13-12-23-20)30-18-8-6-16(2)7-9-18/h6-9,12-13,17H,3-5,10-11,14-15H2,1-2H3,(H,24,28)/t17-/m0/s1. The molecule has 0 spiro atoms. The van der Waals surface area contributed by atoms with Gasteiger partial charge in [0.15, 0.2) is 5.82 Å². The number of aryl methyl sites for hydroxylation is 1. The number of carbonyl (C=O) groups is 2. The Labute approximate surface area is 181 Å². The first-order valence-electron chi connectivity index (χ1n) is 10.3. The molecule has 160 valence electrons. The van der Waals surface area contributed by atoms with Gasteiger partial charge in [0.1, 0.15) is 5.03 Å². The van der Waals surface area contributed by atoms with Crippen molar-refractivity contribution in [2.45, 2.75) is 43.0 Å². The number of nitrogens with one attached hydrogen (secondary N) is 1. The highest BCUT2D eigenvalue weighted by Gasteiger charge is 2.28. The van der Waals surface area contributed by atoms with Crippen molar-refractivity contribution in [3.63, 3.8) is 0 Å². The number of ether oxygens (including phenoxy) is 1. The fourth-order valence-electron chi connectivity index (χ4n) is 3.37. The molecule has 2 heterocycles. The van der Waals surface area contributed by atoms with E-state index in [2.05, 4.69) is 51.4 Å². The van der Waals surface area contributed by atoms with Crippen molar-refractivity contribution in [2.75, 3.05) is 31.1 Å². The molecule has 1 saturated heterocycles. The fraction of sp³-hybridized carbons (Fsp3) is 0.455. The van der Waals surface area contributed by atoms with E-state index >= 15 is 0 Å². The summed E-state index contributed by atoms with van der Waals surface area (Å²) in [6.07, 6.45) is 5.31. The fourth-order valence-corrected chi connectivity index (χ4v) is 4.26. The molecule has 1 N–H and O–H groups in total. The molecule has 2 aromatic rings. The van der Waals surface area contributed by atoms with E-state index in [-0.39, 0.29) is 24.2 Å². The van der Waals surface area contributed by atoms with Gasteiger partial charge in [0.05, 0.1) is 18.9 Å². The van der Waals surface area contributed by atoms with Crippen LogP contribution in [0.15, 0.2) is 46.6 Å². The summed E-state index contributed by atoms with van der Waals surface area (Å²) in [4.78, 5) is 36.4. The predicted molar refractivity (Wildman–Crippen MR) is 117 cm³/mol. The van der Waals surface area contributed by atoms with Gasteiger partial charge in [0.25, 0.3) is 0 Å². The Hall–Kier alpha value is -2.61. The number of aromatic nitrogens is 2. The number of anilines is 1. The number of hydrogen-bond donors (Lipinski definition) is 1. The second kappa shape index (κ2) is 11.0. The van der Waals surface area contributed by atoms with Crippen molar-refractivity contribution in [3.8, 4) is 0 Å². The van der Waals surface area contributed by atoms with Gasteiger partial charge >= 0.3 is 5.97 Å². The summed E-state index contributed by atoms with van der Waals surface area (Å²) in [7, 11) is 0. The Kier molecular flexibility index (Phi) is 8.07. The highest BCUT2D eigenvalue weighted by molar-refractivity contribution is 7.99. The van der Waals surface area contributed by atoms with Crippen LogP contribution in [0.3, 0.4) is 0 Å². The number of carbonyl (C=O) groups excluding carboxylic acids is 2. The number of nitrogens with zero attached hydrogens (tertiary/aromatic N) is 3. The lowest BCUT2D eigenvalue weighted by Crippen LogP contribution is -2.44. The molecular formula is C22H28N4O3S. The zero-order chi connectivity index (χ0) is 21.3. The molecule has 0 radical (unpaired) electrons. The first kappa shape index (κ1) is 22.1. The largest absolute Gasteiger partial charge is 0.466 e. The van der Waals surface area contributed by atoms with Crippen molar-refractivity contribution >= 4 is 29.5 Å². The van der Waals surface area contributed by atoms with Crippen LogP contribution in [0.1, 0.15) is 31.7 Å². The van der Waals surface area contributed by atoms with E-state index in [1.807, 2.05) is 0 Å². The van der Waals surface area contributed by atoms with E-state index in [0.29, 0.717) is 19.7 Å². The number of hydrogen-bond acceptors (Lipinski definition) is 7. The van der Waals surface area contributed by atoms with Crippen LogP contribution in [0.2, 0.25) is 0 Å². The van der Waals surface area contributed by atoms with Crippen LogP contribution in [0.4, 0.5) is 5.82 Å². The molecule has 1 aromatic carbocycles. The molecule has 0 bridgehead atoms. The smallest absolute Gasteiger partial charge is 0.307 e. The van der Waals surface area contributed by atoms with Gasteiger partial charge in [-0.3, -0.25) is 9.59 Å². The van der Waals surface area contributed by atoms with Gasteiger partial charge < -0.3 is 15.0 Å². The van der Waals surface area contributed by atoms with Crippen LogP contribution in [0, 0.1) is 12.8 Å². The maximum absolute atomic E-state index is 12.6. The Morgan fingerprint density at radius 2 is 2.00 bits per heavy atom. The molecule has 1 amide bonds. The summed E-state index contributed by atoms with van der Waals surface area (Å²) >= 11 is 1.58. The monoisotopic (exact) mass is 428 g/mol. The van der Waals surface area contributed by atoms with Crippen LogP contribution in [0.5, 0.6) is 0 Å². The van der Waals surface area contributed by atoms with Gasteiger partial charge in [-0.25, -0.2) is 9.97 Å². The summed E-state index contributed by atoms with van der Waals surface area (Å²) < 4.78 is 4.90. The molecule has 0 aliphatic carbocycles. The normalized spacial score (nSPS) is 16.2. The molecule has 7 nitrogen and oxygen atoms in total. The highest BCUT2D eigenvalue weighted by Crippen LogP contribution is 2.34. The predicted octanol–water partition coefficient (Wildman–Crippen LogP) is 3.22. The lowest BCUT2D eigenvalue weighted by molar-refractivity contribution is -0.143. The van der Waals surface area contributed by atoms with Crippen LogP contribution in [-0.4, -0.2) is 48.1 Å². The quantitative estimate of drug-likeness (QED) is 0.646. The van der Waals surface area contributed by atoms with Crippen molar-refractivity contribution in [3.05, 3.63) is 42.2 Å². The van der Waals surface area contributed by atoms with Gasteiger partial charge in [0, 0.05) is 36.9 Å². The molecule has 1 aromatic heterocycles. The number of piperidine rings is 1. The summed E-state index contributed by atoms with van der Waals surface area (Å²) in [5, 5.41) is 3.70. The number of benzene rings is 1. The molecule has 3 rings (SSSR count). The van der Waals surface area contributed by atoms with E-state index < -0.39 is 0 Å². The Morgan fingerprint density at radius 1 is 1.23 bits per heavy atom. The van der Waals surface area contributed by atoms with Crippen LogP contribution in [0.25, 0.3) is 0 Å². The Balaban J connectivity index is 1.61. The van der Waals surface area contributed by atoms with Crippen molar-refractivity contribution in [2.24, 2.45) is 5.92 Å². The maximum Gasteiger partial charge on any atom is 0.307 e. The average molecular weight is 429 g/mol. The van der Waals surface area contributed by atoms with E-state index in [4.69, 9.17) is 4.74 Å². The summed E-state index contributed by atoms with van der Waals surface area (Å²) in [5.74, 6) is 0.355. The van der Waals surface area contributed by atoms with Crippen molar-refractivity contribution in [1.82, 2.24) is 15.3 Å². The topological polar surface area (TPSA) is 84.4 Å². The van der Waals surface area contributed by atoms with E-state index in [9.17, 15) is 9.59 Å². The van der Waals surface area contributed by atoms with Crippen molar-refractivity contribution < 1.29 is 14.3 Å². The SMILES string of the molecule is CCOC(=O)CCNC(=O)[C@H]1CCCN(c2nccnc2Sc2ccc(C)cc2)C1. The van der Waals surface area contributed by atoms with Crippen LogP contribution < -0.4 is 10.2 Å². The van der Waals surface area contributed by atoms with Gasteiger partial charge in [0.2, 0.25) is 5.91 Å². The van der Waals surface area contributed by atoms with Gasteiger partial charge in [-0.1, -0.05) is 29.5 Å². The van der Waals surface area contributed by atoms with Crippen LogP contribution >= 0.6 is 11.8 Å². The lowest BCUT2D eigenvalue weighted by Gasteiger charge is -2.33. The third kappa shape index (κ3) is 6.19. The zero-order valence-electron chi connectivity index (χ0n) is 17.5. The lowest BCUT2D eigenvalue weighted by atomic mass is 9.97. The van der Waals surface area contributed by atoms with Crippen LogP contribution in [-0.2, 0) is 14.3 Å². The second-order valence-corrected chi connectivity index (χ2v) is 8.29. The summed E-state index contributed by atoms with van der Waals surface area (Å²) in [6, 6.07) is 8.31. The molecule has 1 atom stereocenters. The summed E-state index contributed by atoms with van der Waals surface area (Å²) in [6.45, 7) is 5.91. The van der Waals surface area contributed by atoms with E-state index in [1.165, 1.54) is 5.56 Å². The van der Waals surface area contributed by atoms with Gasteiger partial charge in [-0.15, -0.1) is 0 Å². The highest BCUT2D eigenvalue weighted by atomic mass is 32.2. The number of amides is 1. The molecule has 1 fully saturated rings. The molecule has 0 unspecified atom stereocenters. The average Bonchev–Trinajstić information content (AvgIpc) is 2.76. The molecule has 0 saturated carbocycles. The molecular weight excluding hydrogens is 400 g/mol. The molecule has 1 aliphatic heterocycles. The number of esters is 1. The van der Waals surface area contributed by atoms with E-state index in [1.54, 1.807) is 31.1 Å². The Morgan fingerprint density at radius 3 is 2.77 bits per heavy atom. The Bertz CT molecular complexity index is 860. The van der Waals surface area contributed by atoms with E-state index in [0.717, 1.165) is 35.1 Å². The third-order valence-electron chi connectivity index (χ3n) is 4.91. The first-order valence-corrected chi connectivity index (χ1v) is 11.1. The molecule has 1 aliphatic rings. The zero-order valence-corrected chi connectivity index (χ0v) is 18.3.